The normalized spacial score (nSPS) is 14.5. The molecule has 1 heterocycles. The van der Waals surface area contributed by atoms with Crippen molar-refractivity contribution in [1.82, 2.24) is 4.90 Å². The molecular weight excluding hydrogens is 286 g/mol. The summed E-state index contributed by atoms with van der Waals surface area (Å²) in [6, 6.07) is 5.76. The fraction of sp³-hybridized carbons (Fsp3) is 0.500. The number of rotatable bonds is 7. The van der Waals surface area contributed by atoms with Crippen LogP contribution in [-0.4, -0.2) is 43.3 Å². The summed E-state index contributed by atoms with van der Waals surface area (Å²) in [7, 11) is 1.60. The zero-order valence-electron chi connectivity index (χ0n) is 13.1. The predicted molar refractivity (Wildman–Crippen MR) is 80.1 cm³/mol. The van der Waals surface area contributed by atoms with Gasteiger partial charge in [0, 0.05) is 6.54 Å². The Kier molecular flexibility index (Phi) is 5.25. The number of amides is 2. The van der Waals surface area contributed by atoms with E-state index in [2.05, 4.69) is 4.74 Å². The van der Waals surface area contributed by atoms with Crippen molar-refractivity contribution in [3.05, 3.63) is 23.8 Å². The van der Waals surface area contributed by atoms with Crippen molar-refractivity contribution in [3.63, 3.8) is 0 Å². The minimum atomic E-state index is -0.553. The van der Waals surface area contributed by atoms with Crippen LogP contribution in [0.25, 0.3) is 0 Å². The molecule has 1 aromatic carbocycles. The third-order valence-electron chi connectivity index (χ3n) is 3.28. The topological polar surface area (TPSA) is 65.1 Å². The molecule has 0 aliphatic carbocycles. The summed E-state index contributed by atoms with van der Waals surface area (Å²) in [6.45, 7) is 4.14. The van der Waals surface area contributed by atoms with Crippen molar-refractivity contribution in [2.45, 2.75) is 32.8 Å². The van der Waals surface area contributed by atoms with Gasteiger partial charge in [-0.2, -0.15) is 0 Å². The Bertz CT molecular complexity index is 539. The van der Waals surface area contributed by atoms with Crippen LogP contribution in [0.2, 0.25) is 0 Å². The number of methoxy groups -OCH3 is 1. The van der Waals surface area contributed by atoms with E-state index in [1.807, 2.05) is 32.0 Å². The van der Waals surface area contributed by atoms with Crippen molar-refractivity contribution in [2.75, 3.05) is 20.3 Å². The van der Waals surface area contributed by atoms with E-state index >= 15 is 0 Å². The van der Waals surface area contributed by atoms with Gasteiger partial charge in [-0.1, -0.05) is 6.07 Å². The molecular formula is C16H21NO5. The highest BCUT2D eigenvalue weighted by molar-refractivity contribution is 5.97. The maximum absolute atomic E-state index is 11.4. The average molecular weight is 307 g/mol. The standard InChI is InChI=1S/C16H21NO5/c1-11(2)22-13-7-6-12(9-14(13)20-3)5-4-8-17-15(18)10-21-16(17)19/h6-7,9,11H,4-5,8,10H2,1-3H3. The summed E-state index contributed by atoms with van der Waals surface area (Å²) in [5, 5.41) is 0. The Morgan fingerprint density at radius 2 is 2.05 bits per heavy atom. The molecule has 1 aliphatic rings. The molecule has 1 aliphatic heterocycles. The number of cyclic esters (lactones) is 1. The molecule has 6 nitrogen and oxygen atoms in total. The lowest BCUT2D eigenvalue weighted by atomic mass is 10.1. The monoisotopic (exact) mass is 307 g/mol. The lowest BCUT2D eigenvalue weighted by Crippen LogP contribution is -2.30. The first-order valence-corrected chi connectivity index (χ1v) is 7.32. The van der Waals surface area contributed by atoms with E-state index in [9.17, 15) is 9.59 Å². The molecule has 0 aromatic heterocycles. The third-order valence-corrected chi connectivity index (χ3v) is 3.28. The predicted octanol–water partition coefficient (Wildman–Crippen LogP) is 2.39. The second-order valence-electron chi connectivity index (χ2n) is 5.36. The first-order chi connectivity index (χ1) is 10.5. The molecule has 1 fully saturated rings. The summed E-state index contributed by atoms with van der Waals surface area (Å²) in [5.41, 5.74) is 1.06. The summed E-state index contributed by atoms with van der Waals surface area (Å²) < 4.78 is 15.7. The second kappa shape index (κ2) is 7.15. The minimum Gasteiger partial charge on any atom is -0.493 e. The fourth-order valence-corrected chi connectivity index (χ4v) is 2.26. The Labute approximate surface area is 129 Å². The fourth-order valence-electron chi connectivity index (χ4n) is 2.26. The number of hydrogen-bond donors (Lipinski definition) is 0. The first kappa shape index (κ1) is 16.1. The maximum Gasteiger partial charge on any atom is 0.417 e. The van der Waals surface area contributed by atoms with Gasteiger partial charge in [-0.3, -0.25) is 4.79 Å². The maximum atomic E-state index is 11.4. The lowest BCUT2D eigenvalue weighted by Gasteiger charge is -2.15. The number of aryl methyl sites for hydroxylation is 1. The van der Waals surface area contributed by atoms with Gasteiger partial charge < -0.3 is 14.2 Å². The highest BCUT2D eigenvalue weighted by Gasteiger charge is 2.30. The molecule has 0 bridgehead atoms. The number of carbonyl (C=O) groups is 2. The lowest BCUT2D eigenvalue weighted by molar-refractivity contribution is -0.125. The van der Waals surface area contributed by atoms with Gasteiger partial charge in [0.25, 0.3) is 5.91 Å². The van der Waals surface area contributed by atoms with Gasteiger partial charge in [0.2, 0.25) is 0 Å². The van der Waals surface area contributed by atoms with E-state index in [1.54, 1.807) is 7.11 Å². The molecule has 1 aromatic rings. The zero-order chi connectivity index (χ0) is 16.1. The van der Waals surface area contributed by atoms with E-state index in [0.717, 1.165) is 16.9 Å². The van der Waals surface area contributed by atoms with E-state index in [1.165, 1.54) is 0 Å². The minimum absolute atomic E-state index is 0.0759. The van der Waals surface area contributed by atoms with Crippen molar-refractivity contribution in [1.29, 1.82) is 0 Å². The van der Waals surface area contributed by atoms with Crippen molar-refractivity contribution >= 4 is 12.0 Å². The largest absolute Gasteiger partial charge is 0.493 e. The van der Waals surface area contributed by atoms with E-state index in [0.29, 0.717) is 24.5 Å². The molecule has 1 saturated heterocycles. The molecule has 2 amide bonds. The highest BCUT2D eigenvalue weighted by Crippen LogP contribution is 2.29. The average Bonchev–Trinajstić information content (AvgIpc) is 2.79. The van der Waals surface area contributed by atoms with Crippen molar-refractivity contribution in [2.24, 2.45) is 0 Å². The van der Waals surface area contributed by atoms with Gasteiger partial charge in [-0.25, -0.2) is 9.69 Å². The van der Waals surface area contributed by atoms with Crippen LogP contribution < -0.4 is 9.47 Å². The van der Waals surface area contributed by atoms with Crippen LogP contribution in [0, 0.1) is 0 Å². The number of carbonyl (C=O) groups excluding carboxylic acids is 2. The summed E-state index contributed by atoms with van der Waals surface area (Å²) in [6.07, 6.45) is 0.930. The smallest absolute Gasteiger partial charge is 0.417 e. The molecule has 0 radical (unpaired) electrons. The molecule has 22 heavy (non-hydrogen) atoms. The molecule has 0 unspecified atom stereocenters. The van der Waals surface area contributed by atoms with Crippen LogP contribution in [0.1, 0.15) is 25.8 Å². The van der Waals surface area contributed by atoms with E-state index < -0.39 is 6.09 Å². The summed E-state index contributed by atoms with van der Waals surface area (Å²) >= 11 is 0. The van der Waals surface area contributed by atoms with Crippen LogP contribution in [0.15, 0.2) is 18.2 Å². The molecule has 6 heteroatoms. The SMILES string of the molecule is COc1cc(CCCN2C(=O)COC2=O)ccc1OC(C)C. The Balaban J connectivity index is 1.93. The van der Waals surface area contributed by atoms with Crippen LogP contribution in [0.5, 0.6) is 11.5 Å². The molecule has 2 rings (SSSR count). The molecule has 0 atom stereocenters. The van der Waals surface area contributed by atoms with Gasteiger partial charge in [0.05, 0.1) is 13.2 Å². The number of hydrogen-bond acceptors (Lipinski definition) is 5. The van der Waals surface area contributed by atoms with Gasteiger partial charge in [0.15, 0.2) is 18.1 Å². The number of ether oxygens (including phenoxy) is 3. The molecule has 0 spiro atoms. The van der Waals surface area contributed by atoms with Gasteiger partial charge >= 0.3 is 6.09 Å². The second-order valence-corrected chi connectivity index (χ2v) is 5.36. The molecule has 120 valence electrons. The Morgan fingerprint density at radius 3 is 2.64 bits per heavy atom. The van der Waals surface area contributed by atoms with Gasteiger partial charge in [-0.15, -0.1) is 0 Å². The van der Waals surface area contributed by atoms with Crippen LogP contribution >= 0.6 is 0 Å². The number of imide groups is 1. The molecule has 0 saturated carbocycles. The van der Waals surface area contributed by atoms with E-state index in [-0.39, 0.29) is 18.6 Å². The van der Waals surface area contributed by atoms with Crippen LogP contribution in [-0.2, 0) is 16.0 Å². The van der Waals surface area contributed by atoms with Crippen LogP contribution in [0.3, 0.4) is 0 Å². The summed E-state index contributed by atoms with van der Waals surface area (Å²) in [5.74, 6) is 1.12. The number of benzene rings is 1. The van der Waals surface area contributed by atoms with E-state index in [4.69, 9.17) is 9.47 Å². The van der Waals surface area contributed by atoms with Gasteiger partial charge in [-0.05, 0) is 44.4 Å². The first-order valence-electron chi connectivity index (χ1n) is 7.32. The van der Waals surface area contributed by atoms with Crippen molar-refractivity contribution < 1.29 is 23.8 Å². The summed E-state index contributed by atoms with van der Waals surface area (Å²) in [4.78, 5) is 23.9. The van der Waals surface area contributed by atoms with Gasteiger partial charge in [0.1, 0.15) is 0 Å². The number of nitrogens with zero attached hydrogens (tertiary/aromatic N) is 1. The van der Waals surface area contributed by atoms with Crippen LogP contribution in [0.4, 0.5) is 4.79 Å². The third kappa shape index (κ3) is 3.90. The quantitative estimate of drug-likeness (QED) is 0.774. The van der Waals surface area contributed by atoms with Crippen molar-refractivity contribution in [3.8, 4) is 11.5 Å². The Hall–Kier alpha value is -2.24. The zero-order valence-corrected chi connectivity index (χ0v) is 13.1. The molecule has 0 N–H and O–H groups in total. The highest BCUT2D eigenvalue weighted by atomic mass is 16.6. The Morgan fingerprint density at radius 1 is 1.27 bits per heavy atom.